The highest BCUT2D eigenvalue weighted by molar-refractivity contribution is 6.32. The number of rotatable bonds is 0. The topological polar surface area (TPSA) is 196 Å². The van der Waals surface area contributed by atoms with Crippen molar-refractivity contribution in [1.29, 1.82) is 0 Å². The van der Waals surface area contributed by atoms with Crippen molar-refractivity contribution in [3.8, 4) is 0 Å². The van der Waals surface area contributed by atoms with Gasteiger partial charge in [-0.3, -0.25) is 10.6 Å². The summed E-state index contributed by atoms with van der Waals surface area (Å²) >= 11 is 0. The molecule has 0 heterocycles. The van der Waals surface area contributed by atoms with Crippen LogP contribution in [-0.4, -0.2) is 24.1 Å². The fourth-order valence-electron chi connectivity index (χ4n) is 3.82. The second-order valence-electron chi connectivity index (χ2n) is 7.13. The number of hydrogen-bond acceptors (Lipinski definition) is 4. The Morgan fingerprint density at radius 2 is 0.676 bits per heavy atom. The van der Waals surface area contributed by atoms with Gasteiger partial charge in [-0.2, -0.15) is 0 Å². The van der Waals surface area contributed by atoms with Crippen LogP contribution in [0, 0.1) is 0 Å². The summed E-state index contributed by atoms with van der Waals surface area (Å²) in [5.74, 6) is 0. The second-order valence-corrected chi connectivity index (χ2v) is 7.13. The zero-order chi connectivity index (χ0) is 24.8. The van der Waals surface area contributed by atoms with Crippen LogP contribution < -0.4 is 33.6 Å². The van der Waals surface area contributed by atoms with Gasteiger partial charge in [0.2, 0.25) is 0 Å². The summed E-state index contributed by atoms with van der Waals surface area (Å²) in [7, 11) is 0. The van der Waals surface area contributed by atoms with Gasteiger partial charge in [-0.15, -0.1) is 0 Å². The molecule has 5 aromatic rings. The van der Waals surface area contributed by atoms with Crippen LogP contribution in [0.25, 0.3) is 43.1 Å². The third-order valence-electron chi connectivity index (χ3n) is 4.88. The van der Waals surface area contributed by atoms with Gasteiger partial charge in [0.25, 0.3) is 0 Å². The maximum atomic E-state index is 9.62. The third-order valence-corrected chi connectivity index (χ3v) is 4.88. The number of carbonyl (C=O) groups excluding carboxylic acids is 4. The number of hydrogen-bond donors (Lipinski definition) is 6. The predicted octanol–water partition coefficient (Wildman–Crippen LogP) is 3.20. The fraction of sp³-hybridized carbons (Fsp3) is 0. The number of benzene rings is 5. The average molecular weight is 458 g/mol. The predicted molar refractivity (Wildman–Crippen MR) is 132 cm³/mol. The minimum Gasteiger partial charge on any atom is -0.351 e. The van der Waals surface area contributed by atoms with Crippen LogP contribution >= 0.6 is 0 Å². The molecule has 0 aliphatic rings. The van der Waals surface area contributed by atoms with E-state index in [4.69, 9.17) is 0 Å². The number of imide groups is 2. The van der Waals surface area contributed by atoms with E-state index in [9.17, 15) is 19.2 Å². The highest BCUT2D eigenvalue weighted by Crippen LogP contribution is 2.39. The molecule has 0 fully saturated rings. The molecule has 0 atom stereocenters. The number of nitrogens with two attached hydrogens (primary N) is 4. The largest absolute Gasteiger partial charge is 0.351 e. The Kier molecular flexibility index (Phi) is 6.92. The SMILES string of the molecule is NC(=O)NC(N)=O.NC(=O)NC(N)=O.c1cc2cccc3c4cccc5cccc(c(c1)c23)c54. The molecule has 10 N–H and O–H groups in total. The molecule has 0 aliphatic carbocycles. The molecule has 0 unspecified atom stereocenters. The van der Waals surface area contributed by atoms with Crippen molar-refractivity contribution in [2.75, 3.05) is 0 Å². The van der Waals surface area contributed by atoms with Crippen LogP contribution in [0.2, 0.25) is 0 Å². The summed E-state index contributed by atoms with van der Waals surface area (Å²) < 4.78 is 0. The fourth-order valence-corrected chi connectivity index (χ4v) is 3.82. The van der Waals surface area contributed by atoms with Gasteiger partial charge in [0.05, 0.1) is 0 Å². The highest BCUT2D eigenvalue weighted by atomic mass is 16.2. The number of primary amides is 4. The molecule has 0 saturated carbocycles. The minimum atomic E-state index is -0.938. The lowest BCUT2D eigenvalue weighted by atomic mass is 9.90. The lowest BCUT2D eigenvalue weighted by Crippen LogP contribution is -2.38. The molecule has 0 bridgehead atoms. The maximum absolute atomic E-state index is 9.62. The van der Waals surface area contributed by atoms with Crippen LogP contribution in [0.3, 0.4) is 0 Å². The van der Waals surface area contributed by atoms with Gasteiger partial charge in [-0.05, 0) is 43.1 Å². The molecule has 0 saturated heterocycles. The molecule has 0 aromatic heterocycles. The van der Waals surface area contributed by atoms with Crippen molar-refractivity contribution in [1.82, 2.24) is 10.6 Å². The Morgan fingerprint density at radius 1 is 0.441 bits per heavy atom. The Labute approximate surface area is 193 Å². The van der Waals surface area contributed by atoms with Crippen LogP contribution in [-0.2, 0) is 0 Å². The molecule has 10 heteroatoms. The number of carbonyl (C=O) groups is 4. The summed E-state index contributed by atoms with van der Waals surface area (Å²) in [6, 6.07) is 22.7. The molecular weight excluding hydrogens is 436 g/mol. The van der Waals surface area contributed by atoms with E-state index in [0.717, 1.165) is 0 Å². The maximum Gasteiger partial charge on any atom is 0.320 e. The summed E-state index contributed by atoms with van der Waals surface area (Å²) in [5.41, 5.74) is 17.8. The number of nitrogens with one attached hydrogen (secondary N) is 2. The molecule has 0 radical (unpaired) electrons. The first-order chi connectivity index (χ1) is 16.2. The molecule has 34 heavy (non-hydrogen) atoms. The molecule has 0 aliphatic heterocycles. The quantitative estimate of drug-likeness (QED) is 0.153. The normalized spacial score (nSPS) is 10.1. The van der Waals surface area contributed by atoms with Crippen LogP contribution in [0.4, 0.5) is 19.2 Å². The Balaban J connectivity index is 0.000000194. The van der Waals surface area contributed by atoms with Crippen molar-refractivity contribution >= 4 is 67.2 Å². The van der Waals surface area contributed by atoms with E-state index in [1.54, 1.807) is 10.6 Å². The first-order valence-electron chi connectivity index (χ1n) is 9.95. The number of amides is 8. The van der Waals surface area contributed by atoms with E-state index in [2.05, 4.69) is 95.7 Å². The highest BCUT2D eigenvalue weighted by Gasteiger charge is 2.11. The van der Waals surface area contributed by atoms with Gasteiger partial charge >= 0.3 is 24.1 Å². The van der Waals surface area contributed by atoms with Crippen molar-refractivity contribution in [2.24, 2.45) is 22.9 Å². The number of urea groups is 4. The van der Waals surface area contributed by atoms with Crippen molar-refractivity contribution < 1.29 is 19.2 Å². The summed E-state index contributed by atoms with van der Waals surface area (Å²) in [6.07, 6.45) is 0. The van der Waals surface area contributed by atoms with E-state index in [-0.39, 0.29) is 0 Å². The zero-order valence-corrected chi connectivity index (χ0v) is 17.9. The average Bonchev–Trinajstić information content (AvgIpc) is 2.76. The smallest absolute Gasteiger partial charge is 0.320 e. The van der Waals surface area contributed by atoms with E-state index in [1.165, 1.54) is 43.1 Å². The Hall–Kier alpha value is -5.12. The van der Waals surface area contributed by atoms with E-state index in [0.29, 0.717) is 0 Å². The van der Waals surface area contributed by atoms with E-state index < -0.39 is 24.1 Å². The van der Waals surface area contributed by atoms with Gasteiger partial charge in [0.1, 0.15) is 0 Å². The monoisotopic (exact) mass is 458 g/mol. The van der Waals surface area contributed by atoms with Gasteiger partial charge in [-0.1, -0.05) is 72.8 Å². The van der Waals surface area contributed by atoms with E-state index >= 15 is 0 Å². The summed E-state index contributed by atoms with van der Waals surface area (Å²) in [6.45, 7) is 0. The molecule has 0 spiro atoms. The number of fused-ring (bicyclic) bond motifs is 2. The molecule has 172 valence electrons. The standard InChI is InChI=1S/C20H12.2C2H5N3O2/c1-5-13-6-2-11-17-18-12-4-8-14-7-3-10-16(20(14)18)15(9-1)19(13)17;2*3-1(6)5-2(4)7/h1-12H;2*(H5,3,4,5,6,7). The lowest BCUT2D eigenvalue weighted by molar-refractivity contribution is 0.235. The molecule has 5 aromatic carbocycles. The third kappa shape index (κ3) is 5.19. The molecule has 5 rings (SSSR count). The van der Waals surface area contributed by atoms with Crippen LogP contribution in [0.1, 0.15) is 0 Å². The first kappa shape index (κ1) is 23.5. The zero-order valence-electron chi connectivity index (χ0n) is 17.9. The van der Waals surface area contributed by atoms with Crippen LogP contribution in [0.5, 0.6) is 0 Å². The molecular formula is C24H22N6O4. The summed E-state index contributed by atoms with van der Waals surface area (Å²) in [5, 5.41) is 14.1. The van der Waals surface area contributed by atoms with Crippen LogP contribution in [0.15, 0.2) is 72.8 Å². The first-order valence-corrected chi connectivity index (χ1v) is 9.95. The van der Waals surface area contributed by atoms with Crippen molar-refractivity contribution in [2.45, 2.75) is 0 Å². The Morgan fingerprint density at radius 3 is 0.853 bits per heavy atom. The second kappa shape index (κ2) is 10.0. The lowest BCUT2D eigenvalue weighted by Gasteiger charge is -2.13. The Bertz CT molecular complexity index is 1310. The van der Waals surface area contributed by atoms with Crippen molar-refractivity contribution in [3.63, 3.8) is 0 Å². The van der Waals surface area contributed by atoms with Gasteiger partial charge in [-0.25, -0.2) is 19.2 Å². The molecule has 8 amide bonds. The molecule has 10 nitrogen and oxygen atoms in total. The van der Waals surface area contributed by atoms with Gasteiger partial charge in [0, 0.05) is 0 Å². The van der Waals surface area contributed by atoms with Crippen molar-refractivity contribution in [3.05, 3.63) is 72.8 Å². The van der Waals surface area contributed by atoms with Gasteiger partial charge in [0.15, 0.2) is 0 Å². The van der Waals surface area contributed by atoms with Gasteiger partial charge < -0.3 is 22.9 Å². The summed E-state index contributed by atoms with van der Waals surface area (Å²) in [4.78, 5) is 38.5. The minimum absolute atomic E-state index is 0.937. The van der Waals surface area contributed by atoms with E-state index in [1.807, 2.05) is 0 Å².